The second-order valence-corrected chi connectivity index (χ2v) is 13.2. The molecule has 12 heteroatoms. The topological polar surface area (TPSA) is 129 Å². The highest BCUT2D eigenvalue weighted by Gasteiger charge is 2.41. The predicted octanol–water partition coefficient (Wildman–Crippen LogP) is 5.01. The third-order valence-corrected chi connectivity index (χ3v) is 9.65. The van der Waals surface area contributed by atoms with Crippen LogP contribution >= 0.6 is 45.8 Å². The predicted molar refractivity (Wildman–Crippen MR) is 177 cm³/mol. The smallest absolute Gasteiger partial charge is 0.247 e. The standard InChI is InChI=1S/C32H39Cl2IN2O7/c1-43-28-13-20(18-39)12-25(35)31(28)44-27-15-22(32(42)36-10-11-38)14-26(30(27)41)37(17-21-7-8-23(33)16-24(21)34)29(40)9-6-19-4-2-3-5-19/h7-8,12-13,15-16,19,26-27,30,38-39,41H,2-6,9-11,14,17-18H2,1H3,(H,36,42). The Morgan fingerprint density at radius 2 is 1.89 bits per heavy atom. The minimum absolute atomic E-state index is 0.0493. The maximum absolute atomic E-state index is 14.0. The quantitative estimate of drug-likeness (QED) is 0.212. The van der Waals surface area contributed by atoms with Gasteiger partial charge in [0.2, 0.25) is 11.8 Å². The van der Waals surface area contributed by atoms with Crippen LogP contribution in [0.2, 0.25) is 10.0 Å². The van der Waals surface area contributed by atoms with Gasteiger partial charge in [-0.25, -0.2) is 0 Å². The first-order valence-electron chi connectivity index (χ1n) is 14.8. The van der Waals surface area contributed by atoms with E-state index in [0.29, 0.717) is 54.2 Å². The Hall–Kier alpha value is -2.09. The summed E-state index contributed by atoms with van der Waals surface area (Å²) in [5.74, 6) is 0.601. The number of carbonyl (C=O) groups excluding carboxylic acids is 2. The van der Waals surface area contributed by atoms with E-state index in [4.69, 9.17) is 32.7 Å². The summed E-state index contributed by atoms with van der Waals surface area (Å²) in [6.07, 6.45) is 4.96. The van der Waals surface area contributed by atoms with Crippen molar-refractivity contribution >= 4 is 57.6 Å². The van der Waals surface area contributed by atoms with E-state index in [1.165, 1.54) is 20.0 Å². The fourth-order valence-electron chi connectivity index (χ4n) is 5.89. The van der Waals surface area contributed by atoms with E-state index >= 15 is 0 Å². The summed E-state index contributed by atoms with van der Waals surface area (Å²) in [5.41, 5.74) is 1.60. The minimum atomic E-state index is -1.22. The molecule has 0 saturated heterocycles. The first kappa shape index (κ1) is 34.8. The number of halogens is 3. The van der Waals surface area contributed by atoms with Crippen molar-refractivity contribution in [3.05, 3.63) is 66.7 Å². The number of aliphatic hydroxyl groups is 3. The summed E-state index contributed by atoms with van der Waals surface area (Å²) >= 11 is 14.7. The SMILES string of the molecule is COc1cc(CO)cc(I)c1OC1C=C(C(=O)NCCO)CC(N(Cc2ccc(Cl)cc2Cl)C(=O)CCC2CCCC2)C1O. The zero-order valence-electron chi connectivity index (χ0n) is 24.6. The number of amides is 2. The van der Waals surface area contributed by atoms with Gasteiger partial charge < -0.3 is 35.0 Å². The number of nitrogens with zero attached hydrogens (tertiary/aromatic N) is 1. The van der Waals surface area contributed by atoms with Crippen LogP contribution in [0.25, 0.3) is 0 Å². The van der Waals surface area contributed by atoms with Crippen LogP contribution in [0.3, 0.4) is 0 Å². The molecule has 0 bridgehead atoms. The molecule has 240 valence electrons. The highest BCUT2D eigenvalue weighted by molar-refractivity contribution is 14.1. The number of hydrogen-bond acceptors (Lipinski definition) is 7. The maximum Gasteiger partial charge on any atom is 0.247 e. The normalized spacial score (nSPS) is 20.2. The maximum atomic E-state index is 14.0. The first-order valence-corrected chi connectivity index (χ1v) is 16.6. The molecular formula is C32H39Cl2IN2O7. The van der Waals surface area contributed by atoms with E-state index in [1.807, 2.05) is 0 Å². The molecular weight excluding hydrogens is 722 g/mol. The fourth-order valence-corrected chi connectivity index (χ4v) is 7.15. The van der Waals surface area contributed by atoms with Gasteiger partial charge in [0.05, 0.1) is 29.9 Å². The van der Waals surface area contributed by atoms with Crippen LogP contribution in [0.4, 0.5) is 0 Å². The number of nitrogens with one attached hydrogen (secondary N) is 1. The highest BCUT2D eigenvalue weighted by Crippen LogP contribution is 2.38. The monoisotopic (exact) mass is 760 g/mol. The molecule has 3 unspecified atom stereocenters. The molecule has 2 aromatic rings. The molecule has 3 atom stereocenters. The molecule has 44 heavy (non-hydrogen) atoms. The van der Waals surface area contributed by atoms with Gasteiger partial charge >= 0.3 is 0 Å². The molecule has 2 amide bonds. The van der Waals surface area contributed by atoms with Gasteiger partial charge in [-0.15, -0.1) is 0 Å². The number of aliphatic hydroxyl groups excluding tert-OH is 3. The minimum Gasteiger partial charge on any atom is -0.493 e. The number of rotatable bonds is 13. The summed E-state index contributed by atoms with van der Waals surface area (Å²) in [7, 11) is 1.48. The van der Waals surface area contributed by atoms with Gasteiger partial charge in [0.1, 0.15) is 12.2 Å². The van der Waals surface area contributed by atoms with Crippen molar-refractivity contribution in [1.29, 1.82) is 0 Å². The van der Waals surface area contributed by atoms with Gasteiger partial charge in [-0.05, 0) is 76.4 Å². The van der Waals surface area contributed by atoms with Crippen LogP contribution in [0.15, 0.2) is 42.0 Å². The molecule has 0 heterocycles. The summed E-state index contributed by atoms with van der Waals surface area (Å²) in [6.45, 7) is -0.279. The molecule has 1 fully saturated rings. The number of carbonyl (C=O) groups is 2. The summed E-state index contributed by atoms with van der Waals surface area (Å²) in [6, 6.07) is 7.62. The van der Waals surface area contributed by atoms with Crippen molar-refractivity contribution in [3.8, 4) is 11.5 Å². The first-order chi connectivity index (χ1) is 21.1. The molecule has 9 nitrogen and oxygen atoms in total. The third-order valence-electron chi connectivity index (χ3n) is 8.26. The molecule has 4 N–H and O–H groups in total. The second kappa shape index (κ2) is 16.5. The molecule has 0 aromatic heterocycles. The highest BCUT2D eigenvalue weighted by atomic mass is 127. The van der Waals surface area contributed by atoms with Gasteiger partial charge in [0.25, 0.3) is 0 Å². The van der Waals surface area contributed by atoms with Gasteiger partial charge in [-0.2, -0.15) is 0 Å². The molecule has 2 aliphatic carbocycles. The average Bonchev–Trinajstić information content (AvgIpc) is 3.54. The number of ether oxygens (including phenoxy) is 2. The van der Waals surface area contributed by atoms with Gasteiger partial charge in [-0.3, -0.25) is 9.59 Å². The molecule has 0 spiro atoms. The Morgan fingerprint density at radius 3 is 2.55 bits per heavy atom. The van der Waals surface area contributed by atoms with Crippen molar-refractivity contribution in [1.82, 2.24) is 10.2 Å². The Morgan fingerprint density at radius 1 is 1.14 bits per heavy atom. The lowest BCUT2D eigenvalue weighted by atomic mass is 9.87. The lowest BCUT2D eigenvalue weighted by Crippen LogP contribution is -2.54. The number of hydrogen-bond donors (Lipinski definition) is 4. The fraction of sp³-hybridized carbons (Fsp3) is 0.500. The second-order valence-electron chi connectivity index (χ2n) is 11.2. The Balaban J connectivity index is 1.71. The van der Waals surface area contributed by atoms with E-state index in [-0.39, 0.29) is 38.6 Å². The average molecular weight is 761 g/mol. The lowest BCUT2D eigenvalue weighted by Gasteiger charge is -2.41. The Bertz CT molecular complexity index is 1350. The summed E-state index contributed by atoms with van der Waals surface area (Å²) < 4.78 is 12.5. The Kier molecular flexibility index (Phi) is 13.0. The van der Waals surface area contributed by atoms with Crippen LogP contribution in [0.5, 0.6) is 11.5 Å². The van der Waals surface area contributed by atoms with Gasteiger partial charge in [0, 0.05) is 41.5 Å². The van der Waals surface area contributed by atoms with Crippen LogP contribution < -0.4 is 14.8 Å². The number of benzene rings is 2. The van der Waals surface area contributed by atoms with Crippen LogP contribution in [0.1, 0.15) is 56.1 Å². The molecule has 0 aliphatic heterocycles. The number of methoxy groups -OCH3 is 1. The molecule has 0 radical (unpaired) electrons. The third kappa shape index (κ3) is 8.79. The van der Waals surface area contributed by atoms with E-state index in [9.17, 15) is 24.9 Å². The van der Waals surface area contributed by atoms with Crippen LogP contribution in [0, 0.1) is 9.49 Å². The van der Waals surface area contributed by atoms with Gasteiger partial charge in [-0.1, -0.05) is 55.0 Å². The van der Waals surface area contributed by atoms with E-state index < -0.39 is 24.2 Å². The lowest BCUT2D eigenvalue weighted by molar-refractivity contribution is -0.139. The molecule has 1 saturated carbocycles. The molecule has 2 aromatic carbocycles. The van der Waals surface area contributed by atoms with E-state index in [2.05, 4.69) is 27.9 Å². The van der Waals surface area contributed by atoms with Crippen molar-refractivity contribution in [2.75, 3.05) is 20.3 Å². The van der Waals surface area contributed by atoms with Crippen molar-refractivity contribution in [3.63, 3.8) is 0 Å². The zero-order valence-corrected chi connectivity index (χ0v) is 28.3. The van der Waals surface area contributed by atoms with Crippen LogP contribution in [-0.2, 0) is 22.7 Å². The van der Waals surface area contributed by atoms with Crippen molar-refractivity contribution < 1.29 is 34.4 Å². The zero-order chi connectivity index (χ0) is 31.8. The summed E-state index contributed by atoms with van der Waals surface area (Å²) in [4.78, 5) is 28.8. The summed E-state index contributed by atoms with van der Waals surface area (Å²) in [5, 5.41) is 34.3. The van der Waals surface area contributed by atoms with Crippen LogP contribution in [-0.4, -0.2) is 70.5 Å². The van der Waals surface area contributed by atoms with E-state index in [1.54, 1.807) is 41.3 Å². The van der Waals surface area contributed by atoms with E-state index in [0.717, 1.165) is 19.3 Å². The molecule has 2 aliphatic rings. The molecule has 4 rings (SSSR count). The Labute approximate surface area is 281 Å². The van der Waals surface area contributed by atoms with Crippen molar-refractivity contribution in [2.45, 2.75) is 76.3 Å². The van der Waals surface area contributed by atoms with Gasteiger partial charge in [0.15, 0.2) is 11.5 Å². The largest absolute Gasteiger partial charge is 0.493 e. The van der Waals surface area contributed by atoms with Crippen molar-refractivity contribution in [2.24, 2.45) is 5.92 Å².